The van der Waals surface area contributed by atoms with Crippen molar-refractivity contribution in [3.8, 4) is 0 Å². The lowest BCUT2D eigenvalue weighted by Gasteiger charge is -2.38. The van der Waals surface area contributed by atoms with E-state index in [9.17, 15) is 18.0 Å². The van der Waals surface area contributed by atoms with Crippen molar-refractivity contribution in [3.05, 3.63) is 0 Å². The molecule has 0 bridgehead atoms. The van der Waals surface area contributed by atoms with Crippen LogP contribution >= 0.6 is 0 Å². The highest BCUT2D eigenvalue weighted by molar-refractivity contribution is 5.73. The highest BCUT2D eigenvalue weighted by atomic mass is 19.4. The zero-order valence-electron chi connectivity index (χ0n) is 10.4. The molecule has 2 atom stereocenters. The molecule has 16 heavy (non-hydrogen) atoms. The third kappa shape index (κ3) is 4.41. The molecule has 0 spiro atoms. The molecule has 2 nitrogen and oxygen atoms in total. The van der Waals surface area contributed by atoms with E-state index in [-0.39, 0.29) is 6.42 Å². The second-order valence-electron chi connectivity index (χ2n) is 5.10. The first kappa shape index (κ1) is 15.3. The van der Waals surface area contributed by atoms with Gasteiger partial charge in [0.15, 0.2) is 0 Å². The van der Waals surface area contributed by atoms with E-state index in [0.717, 1.165) is 0 Å². The Morgan fingerprint density at radius 3 is 1.88 bits per heavy atom. The van der Waals surface area contributed by atoms with Crippen LogP contribution in [0.2, 0.25) is 0 Å². The minimum absolute atomic E-state index is 0.0360. The fraction of sp³-hybridized carbons (Fsp3) is 0.909. The molecule has 0 heterocycles. The number of alkyl halides is 3. The third-order valence-electron chi connectivity index (χ3n) is 2.55. The molecule has 0 aliphatic rings. The first-order valence-electron chi connectivity index (χ1n) is 5.34. The minimum atomic E-state index is -4.28. The molecule has 0 saturated carbocycles. The molecule has 0 aromatic heterocycles. The Morgan fingerprint density at radius 2 is 1.69 bits per heavy atom. The summed E-state index contributed by atoms with van der Waals surface area (Å²) in [5.74, 6) is -1.93. The van der Waals surface area contributed by atoms with E-state index in [1.54, 1.807) is 20.8 Å². The predicted octanol–water partition coefficient (Wildman–Crippen LogP) is 3.13. The van der Waals surface area contributed by atoms with Crippen molar-refractivity contribution in [1.82, 2.24) is 5.32 Å². The van der Waals surface area contributed by atoms with Gasteiger partial charge in [0.1, 0.15) is 0 Å². The Balaban J connectivity index is 5.07. The second kappa shape index (κ2) is 5.06. The monoisotopic (exact) mass is 239 g/mol. The summed E-state index contributed by atoms with van der Waals surface area (Å²) in [6.45, 7) is 7.81. The van der Waals surface area contributed by atoms with Gasteiger partial charge in [0.25, 0.3) is 0 Å². The lowest BCUT2D eigenvalue weighted by molar-refractivity contribution is -0.191. The summed E-state index contributed by atoms with van der Waals surface area (Å²) in [5.41, 5.74) is -0.623. The molecule has 0 aliphatic carbocycles. The van der Waals surface area contributed by atoms with Crippen molar-refractivity contribution in [3.63, 3.8) is 0 Å². The van der Waals surface area contributed by atoms with Gasteiger partial charge in [0, 0.05) is 13.0 Å². The average molecular weight is 239 g/mol. The van der Waals surface area contributed by atoms with Gasteiger partial charge in [-0.05, 0) is 11.8 Å². The minimum Gasteiger partial charge on any atom is -0.352 e. The van der Waals surface area contributed by atoms with Gasteiger partial charge in [-0.15, -0.1) is 0 Å². The van der Waals surface area contributed by atoms with Crippen molar-refractivity contribution in [1.29, 1.82) is 0 Å². The first-order valence-corrected chi connectivity index (χ1v) is 5.34. The number of nitrogens with one attached hydrogen (secondary N) is 1. The lowest BCUT2D eigenvalue weighted by atomic mass is 9.77. The smallest absolute Gasteiger partial charge is 0.352 e. The third-order valence-corrected chi connectivity index (χ3v) is 2.55. The van der Waals surface area contributed by atoms with E-state index in [1.165, 1.54) is 13.8 Å². The fourth-order valence-corrected chi connectivity index (χ4v) is 1.80. The van der Waals surface area contributed by atoms with E-state index < -0.39 is 29.5 Å². The summed E-state index contributed by atoms with van der Waals surface area (Å²) in [4.78, 5) is 11.0. The van der Waals surface area contributed by atoms with Gasteiger partial charge in [-0.1, -0.05) is 27.7 Å². The molecule has 0 aromatic rings. The van der Waals surface area contributed by atoms with E-state index >= 15 is 0 Å². The topological polar surface area (TPSA) is 29.1 Å². The summed E-state index contributed by atoms with van der Waals surface area (Å²) in [6, 6.07) is -0.894. The second-order valence-corrected chi connectivity index (χ2v) is 5.10. The Hall–Kier alpha value is -0.740. The standard InChI is InChI=1S/C11H20F3NO/c1-6-8(11(12,13)14)9(10(3,4)5)15-7(2)16/h8-9H,6H2,1-5H3,(H,15,16). The van der Waals surface area contributed by atoms with Gasteiger partial charge in [-0.25, -0.2) is 0 Å². The zero-order valence-corrected chi connectivity index (χ0v) is 10.4. The zero-order chi connectivity index (χ0) is 13.1. The van der Waals surface area contributed by atoms with Crippen LogP contribution in [0.25, 0.3) is 0 Å². The maximum absolute atomic E-state index is 12.8. The van der Waals surface area contributed by atoms with Crippen LogP contribution in [0.3, 0.4) is 0 Å². The quantitative estimate of drug-likeness (QED) is 0.805. The van der Waals surface area contributed by atoms with Crippen LogP contribution in [-0.2, 0) is 4.79 Å². The number of amides is 1. The molecule has 0 fully saturated rings. The van der Waals surface area contributed by atoms with Crippen molar-refractivity contribution in [2.45, 2.75) is 53.3 Å². The first-order chi connectivity index (χ1) is 7.00. The number of hydrogen-bond donors (Lipinski definition) is 1. The SMILES string of the molecule is CCC(C(NC(C)=O)C(C)(C)C)C(F)(F)F. The molecule has 0 radical (unpaired) electrons. The molecular weight excluding hydrogens is 219 g/mol. The van der Waals surface area contributed by atoms with Gasteiger partial charge in [0.05, 0.1) is 5.92 Å². The summed E-state index contributed by atoms with van der Waals surface area (Å²) in [5, 5.41) is 2.42. The lowest BCUT2D eigenvalue weighted by Crippen LogP contribution is -2.52. The number of carbonyl (C=O) groups is 1. The van der Waals surface area contributed by atoms with Gasteiger partial charge in [-0.3, -0.25) is 4.79 Å². The maximum atomic E-state index is 12.8. The van der Waals surface area contributed by atoms with Crippen LogP contribution in [0.1, 0.15) is 41.0 Å². The highest BCUT2D eigenvalue weighted by Crippen LogP contribution is 2.38. The molecule has 1 amide bonds. The maximum Gasteiger partial charge on any atom is 0.393 e. The molecule has 0 saturated heterocycles. The van der Waals surface area contributed by atoms with Gasteiger partial charge >= 0.3 is 6.18 Å². The molecular formula is C11H20F3NO. The normalized spacial score (nSPS) is 16.8. The van der Waals surface area contributed by atoms with E-state index in [1.807, 2.05) is 0 Å². The highest BCUT2D eigenvalue weighted by Gasteiger charge is 2.47. The van der Waals surface area contributed by atoms with Gasteiger partial charge in [0.2, 0.25) is 5.91 Å². The van der Waals surface area contributed by atoms with Crippen LogP contribution in [0.15, 0.2) is 0 Å². The Morgan fingerprint density at radius 1 is 1.25 bits per heavy atom. The van der Waals surface area contributed by atoms with Crippen LogP contribution in [0, 0.1) is 11.3 Å². The van der Waals surface area contributed by atoms with Crippen molar-refractivity contribution in [2.75, 3.05) is 0 Å². The van der Waals surface area contributed by atoms with Crippen LogP contribution < -0.4 is 5.32 Å². The van der Waals surface area contributed by atoms with Crippen LogP contribution in [0.4, 0.5) is 13.2 Å². The Labute approximate surface area is 94.6 Å². The molecule has 2 unspecified atom stereocenters. The van der Waals surface area contributed by atoms with E-state index in [2.05, 4.69) is 5.32 Å². The number of rotatable bonds is 3. The molecule has 96 valence electrons. The summed E-state index contributed by atoms with van der Waals surface area (Å²) in [7, 11) is 0. The molecule has 0 aliphatic heterocycles. The largest absolute Gasteiger partial charge is 0.393 e. The summed E-state index contributed by atoms with van der Waals surface area (Å²) in [6.07, 6.45) is -4.32. The number of carbonyl (C=O) groups excluding carboxylic acids is 1. The summed E-state index contributed by atoms with van der Waals surface area (Å²) >= 11 is 0. The Bertz CT molecular complexity index is 243. The number of halogens is 3. The molecule has 1 N–H and O–H groups in total. The summed E-state index contributed by atoms with van der Waals surface area (Å²) < 4.78 is 38.4. The van der Waals surface area contributed by atoms with Gasteiger partial charge in [-0.2, -0.15) is 13.2 Å². The average Bonchev–Trinajstić information content (AvgIpc) is 1.98. The van der Waals surface area contributed by atoms with Crippen molar-refractivity contribution in [2.24, 2.45) is 11.3 Å². The van der Waals surface area contributed by atoms with Crippen LogP contribution in [0.5, 0.6) is 0 Å². The van der Waals surface area contributed by atoms with Crippen molar-refractivity contribution < 1.29 is 18.0 Å². The molecule has 0 aromatic carbocycles. The van der Waals surface area contributed by atoms with Gasteiger partial charge < -0.3 is 5.32 Å². The molecule has 0 rings (SSSR count). The van der Waals surface area contributed by atoms with E-state index in [0.29, 0.717) is 0 Å². The Kier molecular flexibility index (Phi) is 4.83. The van der Waals surface area contributed by atoms with Crippen molar-refractivity contribution >= 4 is 5.91 Å². The molecule has 5 heteroatoms. The van der Waals surface area contributed by atoms with Crippen LogP contribution in [-0.4, -0.2) is 18.1 Å². The predicted molar refractivity (Wildman–Crippen MR) is 56.9 cm³/mol. The van der Waals surface area contributed by atoms with E-state index in [4.69, 9.17) is 0 Å². The number of hydrogen-bond acceptors (Lipinski definition) is 1. The fourth-order valence-electron chi connectivity index (χ4n) is 1.80.